The molecule has 0 spiro atoms. The summed E-state index contributed by atoms with van der Waals surface area (Å²) in [5.41, 5.74) is 12.3. The van der Waals surface area contributed by atoms with E-state index >= 15 is 0 Å². The van der Waals surface area contributed by atoms with Crippen molar-refractivity contribution in [1.82, 2.24) is 9.78 Å². The minimum Gasteiger partial charge on any atom is -0.396 e. The van der Waals surface area contributed by atoms with E-state index in [9.17, 15) is 4.39 Å². The van der Waals surface area contributed by atoms with Crippen LogP contribution in [0.3, 0.4) is 0 Å². The first kappa shape index (κ1) is 11.4. The molecule has 0 radical (unpaired) electrons. The summed E-state index contributed by atoms with van der Waals surface area (Å²) in [6.07, 6.45) is 0.298. The number of nitrogens with zero attached hydrogens (tertiary/aromatic N) is 2. The van der Waals surface area contributed by atoms with Crippen LogP contribution in [-0.2, 0) is 6.42 Å². The van der Waals surface area contributed by atoms with Gasteiger partial charge in [0.1, 0.15) is 17.3 Å². The van der Waals surface area contributed by atoms with E-state index < -0.39 is 5.82 Å². The van der Waals surface area contributed by atoms with E-state index in [4.69, 9.17) is 16.6 Å². The van der Waals surface area contributed by atoms with Gasteiger partial charge in [-0.2, -0.15) is 0 Å². The lowest BCUT2D eigenvalue weighted by Gasteiger charge is -2.05. The molecule has 1 aromatic heterocycles. The second-order valence-corrected chi connectivity index (χ2v) is 3.59. The summed E-state index contributed by atoms with van der Waals surface area (Å²) in [4.78, 5) is 0. The molecule has 17 heavy (non-hydrogen) atoms. The minimum absolute atomic E-state index is 0.0859. The summed E-state index contributed by atoms with van der Waals surface area (Å²) in [6.45, 7) is -0.0859. The zero-order valence-electron chi connectivity index (χ0n) is 9.10. The first-order chi connectivity index (χ1) is 8.15. The van der Waals surface area contributed by atoms with Gasteiger partial charge in [-0.15, -0.1) is 5.10 Å². The first-order valence-corrected chi connectivity index (χ1v) is 5.13. The minimum atomic E-state index is -0.433. The molecule has 0 aliphatic rings. The largest absolute Gasteiger partial charge is 0.396 e. The number of nitrogen functional groups attached to an aromatic ring is 2. The number of aliphatic hydroxyl groups excluding tert-OH is 1. The van der Waals surface area contributed by atoms with Gasteiger partial charge in [0.05, 0.1) is 0 Å². The molecule has 0 unspecified atom stereocenters. The van der Waals surface area contributed by atoms with Crippen LogP contribution in [0.1, 0.15) is 5.56 Å². The van der Waals surface area contributed by atoms with Gasteiger partial charge in [0, 0.05) is 18.6 Å². The Morgan fingerprint density at radius 3 is 2.65 bits per heavy atom. The van der Waals surface area contributed by atoms with Crippen LogP contribution >= 0.6 is 0 Å². The van der Waals surface area contributed by atoms with Crippen LogP contribution in [0.4, 0.5) is 16.0 Å². The second-order valence-electron chi connectivity index (χ2n) is 3.59. The van der Waals surface area contributed by atoms with Crippen molar-refractivity contribution in [3.05, 3.63) is 35.6 Å². The fourth-order valence-corrected chi connectivity index (χ4v) is 1.66. The molecule has 0 atom stereocenters. The van der Waals surface area contributed by atoms with Gasteiger partial charge in [-0.25, -0.2) is 9.07 Å². The second kappa shape index (κ2) is 4.42. The molecule has 0 aliphatic heterocycles. The molecule has 5 N–H and O–H groups in total. The van der Waals surface area contributed by atoms with Crippen molar-refractivity contribution in [3.63, 3.8) is 0 Å². The van der Waals surface area contributed by atoms with E-state index in [1.807, 2.05) is 0 Å². The number of hydrogen-bond donors (Lipinski definition) is 3. The molecule has 1 aromatic carbocycles. The average Bonchev–Trinajstić information content (AvgIpc) is 2.58. The summed E-state index contributed by atoms with van der Waals surface area (Å²) < 4.78 is 14.8. The number of anilines is 2. The Hall–Kier alpha value is -2.08. The number of hydrogen-bond acceptors (Lipinski definition) is 4. The van der Waals surface area contributed by atoms with Crippen LogP contribution in [-0.4, -0.2) is 21.5 Å². The van der Waals surface area contributed by atoms with Gasteiger partial charge in [0.25, 0.3) is 0 Å². The summed E-state index contributed by atoms with van der Waals surface area (Å²) >= 11 is 0. The van der Waals surface area contributed by atoms with Crippen LogP contribution in [0, 0.1) is 5.82 Å². The van der Waals surface area contributed by atoms with Crippen LogP contribution < -0.4 is 11.5 Å². The topological polar surface area (TPSA) is 90.1 Å². The Labute approximate surface area is 97.5 Å². The smallest absolute Gasteiger partial charge is 0.151 e. The molecule has 0 fully saturated rings. The number of halogens is 1. The monoisotopic (exact) mass is 236 g/mol. The molecule has 2 aromatic rings. The van der Waals surface area contributed by atoms with Crippen molar-refractivity contribution in [2.24, 2.45) is 0 Å². The number of aromatic nitrogens is 2. The molecule has 0 saturated heterocycles. The lowest BCUT2D eigenvalue weighted by atomic mass is 10.2. The summed E-state index contributed by atoms with van der Waals surface area (Å²) in [7, 11) is 0. The standard InChI is InChI=1S/C11H13FN4O/c12-8-3-1-2-4-9(8)16-11(14)7(5-6-17)10(13)15-16/h1-4,17H,5-6,14H2,(H2,13,15). The molecule has 2 rings (SSSR count). The highest BCUT2D eigenvalue weighted by molar-refractivity contribution is 5.58. The molecular weight excluding hydrogens is 223 g/mol. The van der Waals surface area contributed by atoms with Crippen molar-refractivity contribution in [2.45, 2.75) is 6.42 Å². The number of nitrogens with two attached hydrogens (primary N) is 2. The van der Waals surface area contributed by atoms with Gasteiger partial charge in [0.15, 0.2) is 5.82 Å². The molecule has 5 nitrogen and oxygen atoms in total. The Morgan fingerprint density at radius 2 is 2.00 bits per heavy atom. The van der Waals surface area contributed by atoms with Gasteiger partial charge in [-0.05, 0) is 12.1 Å². The maximum atomic E-state index is 13.6. The summed E-state index contributed by atoms with van der Waals surface area (Å²) in [6, 6.07) is 6.14. The molecule has 0 bridgehead atoms. The van der Waals surface area contributed by atoms with Gasteiger partial charge < -0.3 is 16.6 Å². The predicted octanol–water partition coefficient (Wildman–Crippen LogP) is 0.711. The molecule has 6 heteroatoms. The normalized spacial score (nSPS) is 10.7. The van der Waals surface area contributed by atoms with E-state index in [-0.39, 0.29) is 23.9 Å². The number of rotatable bonds is 3. The third kappa shape index (κ3) is 1.94. The molecule has 1 heterocycles. The quantitative estimate of drug-likeness (QED) is 0.732. The van der Waals surface area contributed by atoms with Crippen molar-refractivity contribution in [1.29, 1.82) is 0 Å². The van der Waals surface area contributed by atoms with Crippen LogP contribution in [0.15, 0.2) is 24.3 Å². The zero-order chi connectivity index (χ0) is 12.4. The fourth-order valence-electron chi connectivity index (χ4n) is 1.66. The van der Waals surface area contributed by atoms with Crippen molar-refractivity contribution in [3.8, 4) is 5.69 Å². The maximum Gasteiger partial charge on any atom is 0.151 e. The van der Waals surface area contributed by atoms with Crippen LogP contribution in [0.5, 0.6) is 0 Å². The Balaban J connectivity index is 2.54. The molecule has 0 aliphatic carbocycles. The Kier molecular flexibility index (Phi) is 2.97. The van der Waals surface area contributed by atoms with Crippen LogP contribution in [0.2, 0.25) is 0 Å². The lowest BCUT2D eigenvalue weighted by Crippen LogP contribution is -2.05. The average molecular weight is 236 g/mol. The predicted molar refractivity (Wildman–Crippen MR) is 63.1 cm³/mol. The van der Waals surface area contributed by atoms with E-state index in [1.54, 1.807) is 18.2 Å². The van der Waals surface area contributed by atoms with Gasteiger partial charge in [0.2, 0.25) is 0 Å². The molecule has 0 amide bonds. The molecule has 90 valence electrons. The van der Waals surface area contributed by atoms with Gasteiger partial charge >= 0.3 is 0 Å². The first-order valence-electron chi connectivity index (χ1n) is 5.13. The third-order valence-corrected chi connectivity index (χ3v) is 2.50. The number of para-hydroxylation sites is 1. The highest BCUT2D eigenvalue weighted by Gasteiger charge is 2.15. The SMILES string of the molecule is Nc1nn(-c2ccccc2F)c(N)c1CCO. The van der Waals surface area contributed by atoms with E-state index in [0.29, 0.717) is 12.0 Å². The highest BCUT2D eigenvalue weighted by Crippen LogP contribution is 2.24. The van der Waals surface area contributed by atoms with Crippen molar-refractivity contribution >= 4 is 11.6 Å². The van der Waals surface area contributed by atoms with Gasteiger partial charge in [-0.1, -0.05) is 12.1 Å². The van der Waals surface area contributed by atoms with Gasteiger partial charge in [-0.3, -0.25) is 0 Å². The number of aliphatic hydroxyl groups is 1. The lowest BCUT2D eigenvalue weighted by molar-refractivity contribution is 0.300. The number of benzene rings is 1. The van der Waals surface area contributed by atoms with Crippen molar-refractivity contribution < 1.29 is 9.50 Å². The van der Waals surface area contributed by atoms with E-state index in [0.717, 1.165) is 0 Å². The van der Waals surface area contributed by atoms with Crippen LogP contribution in [0.25, 0.3) is 5.69 Å². The van der Waals surface area contributed by atoms with Crippen molar-refractivity contribution in [2.75, 3.05) is 18.1 Å². The zero-order valence-corrected chi connectivity index (χ0v) is 9.10. The fraction of sp³-hybridized carbons (Fsp3) is 0.182. The third-order valence-electron chi connectivity index (χ3n) is 2.50. The van der Waals surface area contributed by atoms with E-state index in [2.05, 4.69) is 5.10 Å². The molecule has 0 saturated carbocycles. The Morgan fingerprint density at radius 1 is 1.29 bits per heavy atom. The van der Waals surface area contributed by atoms with E-state index in [1.165, 1.54) is 10.7 Å². The maximum absolute atomic E-state index is 13.6. The molecular formula is C11H13FN4O. The highest BCUT2D eigenvalue weighted by atomic mass is 19.1. The summed E-state index contributed by atoms with van der Waals surface area (Å²) in [5.74, 6) is 0.0266. The summed E-state index contributed by atoms with van der Waals surface area (Å²) in [5, 5.41) is 12.9. The Bertz CT molecular complexity index is 538.